The van der Waals surface area contributed by atoms with E-state index in [9.17, 15) is 19.5 Å². The van der Waals surface area contributed by atoms with E-state index in [0.717, 1.165) is 12.8 Å². The number of rotatable bonds is 4. The molecule has 0 aliphatic carbocycles. The highest BCUT2D eigenvalue weighted by molar-refractivity contribution is 6.38. The van der Waals surface area contributed by atoms with Crippen molar-refractivity contribution in [2.45, 2.75) is 30.8 Å². The molecule has 9 heteroatoms. The van der Waals surface area contributed by atoms with E-state index in [-0.39, 0.29) is 11.6 Å². The Morgan fingerprint density at radius 2 is 2.14 bits per heavy atom. The van der Waals surface area contributed by atoms with Gasteiger partial charge in [-0.25, -0.2) is 0 Å². The molecule has 1 aromatic rings. The minimum atomic E-state index is -1.53. The SMILES string of the molecule is C=CCOC(=O)[C@H]1[C@@H](C(=O)O)[C@H]2CCCCN2[C@]12C(=O)Nc1c(Cl)cc(Cl)cc12. The van der Waals surface area contributed by atoms with Crippen LogP contribution in [-0.2, 0) is 24.7 Å². The summed E-state index contributed by atoms with van der Waals surface area (Å²) in [4.78, 5) is 40.7. The summed E-state index contributed by atoms with van der Waals surface area (Å²) in [6, 6.07) is 2.62. The van der Waals surface area contributed by atoms with E-state index in [0.29, 0.717) is 29.2 Å². The summed E-state index contributed by atoms with van der Waals surface area (Å²) in [5, 5.41) is 13.4. The van der Waals surface area contributed by atoms with Crippen LogP contribution in [0.4, 0.5) is 5.69 Å². The van der Waals surface area contributed by atoms with Gasteiger partial charge in [0.2, 0.25) is 0 Å². The van der Waals surface area contributed by atoms with Gasteiger partial charge < -0.3 is 15.2 Å². The summed E-state index contributed by atoms with van der Waals surface area (Å²) in [6.07, 6.45) is 3.58. The third-order valence-electron chi connectivity index (χ3n) is 6.16. The summed E-state index contributed by atoms with van der Waals surface area (Å²) in [6.45, 7) is 3.94. The van der Waals surface area contributed by atoms with Gasteiger partial charge in [0, 0.05) is 16.6 Å². The van der Waals surface area contributed by atoms with Gasteiger partial charge in [0.1, 0.15) is 18.1 Å². The molecule has 4 atom stereocenters. The van der Waals surface area contributed by atoms with Gasteiger partial charge >= 0.3 is 11.9 Å². The van der Waals surface area contributed by atoms with Crippen LogP contribution in [-0.4, -0.2) is 47.0 Å². The Bertz CT molecular complexity index is 920. The molecule has 1 amide bonds. The average Bonchev–Trinajstić information content (AvgIpc) is 3.15. The molecule has 3 aliphatic rings. The molecule has 29 heavy (non-hydrogen) atoms. The molecule has 2 N–H and O–H groups in total. The highest BCUT2D eigenvalue weighted by Gasteiger charge is 2.71. The van der Waals surface area contributed by atoms with E-state index in [1.54, 1.807) is 6.07 Å². The summed E-state index contributed by atoms with van der Waals surface area (Å²) in [5.41, 5.74) is -0.745. The fourth-order valence-electron chi connectivity index (χ4n) is 5.21. The topological polar surface area (TPSA) is 95.9 Å². The van der Waals surface area contributed by atoms with E-state index in [4.69, 9.17) is 27.9 Å². The molecule has 1 aromatic carbocycles. The number of anilines is 1. The minimum absolute atomic E-state index is 0.0762. The van der Waals surface area contributed by atoms with E-state index < -0.39 is 41.3 Å². The molecule has 3 heterocycles. The zero-order valence-corrected chi connectivity index (χ0v) is 17.0. The lowest BCUT2D eigenvalue weighted by Crippen LogP contribution is -2.55. The van der Waals surface area contributed by atoms with Gasteiger partial charge in [-0.15, -0.1) is 0 Å². The first-order valence-electron chi connectivity index (χ1n) is 9.42. The molecular weight excluding hydrogens is 419 g/mol. The predicted octanol–water partition coefficient (Wildman–Crippen LogP) is 3.06. The number of piperidine rings is 1. The number of nitrogens with zero attached hydrogens (tertiary/aromatic N) is 1. The Balaban J connectivity index is 1.98. The van der Waals surface area contributed by atoms with Gasteiger partial charge in [-0.1, -0.05) is 42.3 Å². The summed E-state index contributed by atoms with van der Waals surface area (Å²) in [5.74, 6) is -4.69. The Hall–Kier alpha value is -2.09. The van der Waals surface area contributed by atoms with Crippen LogP contribution in [0, 0.1) is 11.8 Å². The number of esters is 1. The lowest BCUT2D eigenvalue weighted by atomic mass is 9.74. The Morgan fingerprint density at radius 3 is 2.83 bits per heavy atom. The van der Waals surface area contributed by atoms with Crippen molar-refractivity contribution in [3.63, 3.8) is 0 Å². The first-order valence-corrected chi connectivity index (χ1v) is 10.2. The van der Waals surface area contributed by atoms with Crippen LogP contribution in [0.1, 0.15) is 24.8 Å². The second kappa shape index (κ2) is 7.31. The molecule has 0 aromatic heterocycles. The van der Waals surface area contributed by atoms with Crippen molar-refractivity contribution in [3.8, 4) is 0 Å². The van der Waals surface area contributed by atoms with Gasteiger partial charge in [-0.2, -0.15) is 0 Å². The molecule has 7 nitrogen and oxygen atoms in total. The number of hydrogen-bond acceptors (Lipinski definition) is 5. The molecule has 2 saturated heterocycles. The maximum atomic E-state index is 13.5. The van der Waals surface area contributed by atoms with Crippen LogP contribution in [0.5, 0.6) is 0 Å². The predicted molar refractivity (Wildman–Crippen MR) is 107 cm³/mol. The van der Waals surface area contributed by atoms with Gasteiger partial charge in [-0.3, -0.25) is 19.3 Å². The highest BCUT2D eigenvalue weighted by atomic mass is 35.5. The van der Waals surface area contributed by atoms with E-state index >= 15 is 0 Å². The summed E-state index contributed by atoms with van der Waals surface area (Å²) >= 11 is 12.6. The van der Waals surface area contributed by atoms with E-state index in [1.807, 2.05) is 4.90 Å². The van der Waals surface area contributed by atoms with Crippen LogP contribution in [0.25, 0.3) is 0 Å². The number of fused-ring (bicyclic) bond motifs is 4. The molecule has 0 radical (unpaired) electrons. The zero-order valence-electron chi connectivity index (χ0n) is 15.5. The summed E-state index contributed by atoms with van der Waals surface area (Å²) in [7, 11) is 0. The third-order valence-corrected chi connectivity index (χ3v) is 6.68. The molecule has 154 valence electrons. The number of amides is 1. The highest BCUT2D eigenvalue weighted by Crippen LogP contribution is 2.58. The molecule has 3 aliphatic heterocycles. The zero-order chi connectivity index (χ0) is 20.9. The second-order valence-corrected chi connectivity index (χ2v) is 8.39. The number of nitrogens with one attached hydrogen (secondary N) is 1. The Labute approximate surface area is 177 Å². The number of hydrogen-bond donors (Lipinski definition) is 2. The second-order valence-electron chi connectivity index (χ2n) is 7.55. The number of ether oxygens (including phenoxy) is 1. The minimum Gasteiger partial charge on any atom is -0.481 e. The normalized spacial score (nSPS) is 30.6. The smallest absolute Gasteiger partial charge is 0.313 e. The van der Waals surface area contributed by atoms with Crippen molar-refractivity contribution < 1.29 is 24.2 Å². The number of carbonyl (C=O) groups excluding carboxylic acids is 2. The van der Waals surface area contributed by atoms with Gasteiger partial charge in [0.25, 0.3) is 5.91 Å². The Morgan fingerprint density at radius 1 is 1.38 bits per heavy atom. The average molecular weight is 439 g/mol. The lowest BCUT2D eigenvalue weighted by Gasteiger charge is -2.40. The number of benzene rings is 1. The molecule has 0 bridgehead atoms. The number of carbonyl (C=O) groups is 3. The van der Waals surface area contributed by atoms with Crippen molar-refractivity contribution in [2.24, 2.45) is 11.8 Å². The van der Waals surface area contributed by atoms with Crippen LogP contribution < -0.4 is 5.32 Å². The maximum absolute atomic E-state index is 13.5. The number of aliphatic carboxylic acids is 1. The molecule has 4 rings (SSSR count). The lowest BCUT2D eigenvalue weighted by molar-refractivity contribution is -0.160. The number of halogens is 2. The third kappa shape index (κ3) is 2.79. The monoisotopic (exact) mass is 438 g/mol. The maximum Gasteiger partial charge on any atom is 0.313 e. The number of carboxylic acid groups (broad SMARTS) is 1. The van der Waals surface area contributed by atoms with Crippen molar-refractivity contribution in [2.75, 3.05) is 18.5 Å². The van der Waals surface area contributed by atoms with Crippen LogP contribution in [0.15, 0.2) is 24.8 Å². The van der Waals surface area contributed by atoms with Gasteiger partial charge in [0.15, 0.2) is 0 Å². The fourth-order valence-corrected chi connectivity index (χ4v) is 5.75. The van der Waals surface area contributed by atoms with E-state index in [1.165, 1.54) is 12.1 Å². The van der Waals surface area contributed by atoms with Crippen molar-refractivity contribution in [1.82, 2.24) is 4.90 Å². The van der Waals surface area contributed by atoms with Gasteiger partial charge in [-0.05, 0) is 31.5 Å². The van der Waals surface area contributed by atoms with Crippen LogP contribution >= 0.6 is 23.2 Å². The van der Waals surface area contributed by atoms with E-state index in [2.05, 4.69) is 11.9 Å². The first-order chi connectivity index (χ1) is 13.8. The molecule has 1 spiro atoms. The van der Waals surface area contributed by atoms with Crippen molar-refractivity contribution in [1.29, 1.82) is 0 Å². The van der Waals surface area contributed by atoms with Crippen molar-refractivity contribution in [3.05, 3.63) is 40.4 Å². The van der Waals surface area contributed by atoms with Gasteiger partial charge in [0.05, 0.1) is 16.6 Å². The molecule has 0 unspecified atom stereocenters. The van der Waals surface area contributed by atoms with Crippen LogP contribution in [0.3, 0.4) is 0 Å². The molecule has 2 fully saturated rings. The fraction of sp³-hybridized carbons (Fsp3) is 0.450. The Kier molecular flexibility index (Phi) is 5.09. The first kappa shape index (κ1) is 20.2. The van der Waals surface area contributed by atoms with Crippen molar-refractivity contribution >= 4 is 46.7 Å². The molecular formula is C20H20Cl2N2O5. The summed E-state index contributed by atoms with van der Waals surface area (Å²) < 4.78 is 5.28. The largest absolute Gasteiger partial charge is 0.481 e. The van der Waals surface area contributed by atoms with Crippen LogP contribution in [0.2, 0.25) is 10.0 Å². The number of carboxylic acids is 1. The molecule has 0 saturated carbocycles. The standard InChI is InChI=1S/C20H20Cl2N2O5/c1-2-7-29-18(27)15-14(17(25)26)13-5-3-4-6-24(13)20(15)11-8-10(21)9-12(22)16(11)23-19(20)28/h2,8-9,13-15H,1,3-7H2,(H,23,28)(H,25,26)/t13-,14+,15-,20+/m1/s1. The quantitative estimate of drug-likeness (QED) is 0.553.